The van der Waals surface area contributed by atoms with Crippen molar-refractivity contribution in [1.82, 2.24) is 5.32 Å². The average Bonchev–Trinajstić information content (AvgIpc) is 2.54. The highest BCUT2D eigenvalue weighted by Gasteiger charge is 2.16. The summed E-state index contributed by atoms with van der Waals surface area (Å²) in [6.45, 7) is 4.43. The van der Waals surface area contributed by atoms with E-state index in [1.807, 2.05) is 26.0 Å². The van der Waals surface area contributed by atoms with Crippen molar-refractivity contribution < 1.29 is 24.1 Å². The Morgan fingerprint density at radius 2 is 1.96 bits per heavy atom. The van der Waals surface area contributed by atoms with Crippen molar-refractivity contribution in [2.24, 2.45) is 0 Å². The Kier molecular flexibility index (Phi) is 7.80. The van der Waals surface area contributed by atoms with E-state index >= 15 is 0 Å². The Bertz CT molecular complexity index is 542. The van der Waals surface area contributed by atoms with Crippen LogP contribution >= 0.6 is 0 Å². The Hall–Kier alpha value is -2.37. The molecule has 2 N–H and O–H groups in total. The first-order valence-electron chi connectivity index (χ1n) is 7.58. The van der Waals surface area contributed by atoms with Crippen LogP contribution < -0.4 is 14.8 Å². The van der Waals surface area contributed by atoms with Crippen molar-refractivity contribution >= 4 is 12.2 Å². The smallest absolute Gasteiger partial charge is 0.404 e. The van der Waals surface area contributed by atoms with Gasteiger partial charge < -0.3 is 24.6 Å². The molecule has 23 heavy (non-hydrogen) atoms. The SMILES string of the molecule is CCOC=Cc1cc(OC)c(CC(CC)NC(=O)O)cc1OC. The number of nitrogens with one attached hydrogen (secondary N) is 1. The fraction of sp³-hybridized carbons (Fsp3) is 0.471. The van der Waals surface area contributed by atoms with E-state index in [9.17, 15) is 4.79 Å². The number of hydrogen-bond donors (Lipinski definition) is 2. The molecule has 6 nitrogen and oxygen atoms in total. The molecule has 0 fully saturated rings. The molecule has 0 aliphatic rings. The van der Waals surface area contributed by atoms with Crippen LogP contribution in [0, 0.1) is 0 Å². The lowest BCUT2D eigenvalue weighted by atomic mass is 10.0. The molecular weight excluding hydrogens is 298 g/mol. The summed E-state index contributed by atoms with van der Waals surface area (Å²) in [7, 11) is 3.18. The minimum Gasteiger partial charge on any atom is -0.501 e. The monoisotopic (exact) mass is 323 g/mol. The van der Waals surface area contributed by atoms with Crippen molar-refractivity contribution in [2.75, 3.05) is 20.8 Å². The summed E-state index contributed by atoms with van der Waals surface area (Å²) in [5, 5.41) is 11.4. The van der Waals surface area contributed by atoms with Gasteiger partial charge in [-0.2, -0.15) is 0 Å². The van der Waals surface area contributed by atoms with Gasteiger partial charge in [0.25, 0.3) is 0 Å². The molecule has 128 valence electrons. The van der Waals surface area contributed by atoms with E-state index in [1.165, 1.54) is 0 Å². The Labute approximate surface area is 137 Å². The van der Waals surface area contributed by atoms with Crippen molar-refractivity contribution in [2.45, 2.75) is 32.7 Å². The largest absolute Gasteiger partial charge is 0.501 e. The minimum atomic E-state index is -1.03. The van der Waals surface area contributed by atoms with Gasteiger partial charge in [0.1, 0.15) is 11.5 Å². The van der Waals surface area contributed by atoms with Crippen LogP contribution in [0.2, 0.25) is 0 Å². The van der Waals surface area contributed by atoms with E-state index in [0.717, 1.165) is 11.1 Å². The predicted octanol–water partition coefficient (Wildman–Crippen LogP) is 3.30. The molecule has 1 aromatic rings. The van der Waals surface area contributed by atoms with E-state index in [-0.39, 0.29) is 6.04 Å². The van der Waals surface area contributed by atoms with Crippen LogP contribution in [0.15, 0.2) is 18.4 Å². The third kappa shape index (κ3) is 5.73. The summed E-state index contributed by atoms with van der Waals surface area (Å²) in [5.74, 6) is 1.37. The average molecular weight is 323 g/mol. The normalized spacial score (nSPS) is 12.0. The topological polar surface area (TPSA) is 77.0 Å². The molecule has 0 saturated heterocycles. The van der Waals surface area contributed by atoms with Crippen LogP contribution in [0.25, 0.3) is 6.08 Å². The van der Waals surface area contributed by atoms with Gasteiger partial charge in [0.15, 0.2) is 0 Å². The lowest BCUT2D eigenvalue weighted by Crippen LogP contribution is -2.34. The molecule has 0 spiro atoms. The summed E-state index contributed by atoms with van der Waals surface area (Å²) in [6, 6.07) is 3.55. The van der Waals surface area contributed by atoms with E-state index in [2.05, 4.69) is 5.32 Å². The number of hydrogen-bond acceptors (Lipinski definition) is 4. The lowest BCUT2D eigenvalue weighted by molar-refractivity contribution is 0.189. The van der Waals surface area contributed by atoms with Gasteiger partial charge in [-0.1, -0.05) is 6.92 Å². The van der Waals surface area contributed by atoms with Crippen molar-refractivity contribution in [3.05, 3.63) is 29.5 Å². The lowest BCUT2D eigenvalue weighted by Gasteiger charge is -2.18. The number of amides is 1. The molecule has 0 radical (unpaired) electrons. The third-order valence-electron chi connectivity index (χ3n) is 3.43. The molecule has 1 rings (SSSR count). The molecule has 0 saturated carbocycles. The van der Waals surface area contributed by atoms with Crippen LogP contribution in [-0.4, -0.2) is 38.1 Å². The van der Waals surface area contributed by atoms with E-state index in [1.54, 1.807) is 26.6 Å². The first-order valence-corrected chi connectivity index (χ1v) is 7.58. The van der Waals surface area contributed by atoms with Gasteiger partial charge in [-0.05, 0) is 43.5 Å². The summed E-state index contributed by atoms with van der Waals surface area (Å²) in [5.41, 5.74) is 1.72. The molecule has 0 aromatic heterocycles. The second-order valence-electron chi connectivity index (χ2n) is 4.92. The summed E-state index contributed by atoms with van der Waals surface area (Å²) in [4.78, 5) is 10.8. The zero-order valence-electron chi connectivity index (χ0n) is 14.1. The van der Waals surface area contributed by atoms with Gasteiger partial charge in [0.05, 0.1) is 27.1 Å². The Balaban J connectivity index is 3.09. The van der Waals surface area contributed by atoms with E-state index < -0.39 is 6.09 Å². The van der Waals surface area contributed by atoms with Gasteiger partial charge in [0.2, 0.25) is 0 Å². The number of benzene rings is 1. The maximum absolute atomic E-state index is 10.8. The molecule has 0 aliphatic carbocycles. The maximum atomic E-state index is 10.8. The standard InChI is InChI=1S/C17H25NO5/c1-5-14(18-17(19)20)9-13-11-15(21-3)12(7-8-23-6-2)10-16(13)22-4/h7-8,10-11,14,18H,5-6,9H2,1-4H3,(H,19,20). The van der Waals surface area contributed by atoms with Crippen molar-refractivity contribution in [1.29, 1.82) is 0 Å². The highest BCUT2D eigenvalue weighted by Crippen LogP contribution is 2.31. The first kappa shape index (κ1) is 18.7. The molecule has 1 amide bonds. The van der Waals surface area contributed by atoms with Crippen molar-refractivity contribution in [3.63, 3.8) is 0 Å². The number of methoxy groups -OCH3 is 2. The third-order valence-corrected chi connectivity index (χ3v) is 3.43. The summed E-state index contributed by atoms with van der Waals surface area (Å²) >= 11 is 0. The molecule has 0 aliphatic heterocycles. The van der Waals surface area contributed by atoms with E-state index in [0.29, 0.717) is 30.9 Å². The molecule has 0 bridgehead atoms. The zero-order chi connectivity index (χ0) is 17.2. The minimum absolute atomic E-state index is 0.184. The van der Waals surface area contributed by atoms with Crippen molar-refractivity contribution in [3.8, 4) is 11.5 Å². The van der Waals surface area contributed by atoms with Gasteiger partial charge in [-0.15, -0.1) is 0 Å². The number of carbonyl (C=O) groups is 1. The number of carboxylic acid groups (broad SMARTS) is 1. The predicted molar refractivity (Wildman–Crippen MR) is 89.1 cm³/mol. The first-order chi connectivity index (χ1) is 11.0. The number of rotatable bonds is 9. The second kappa shape index (κ2) is 9.61. The molecule has 0 heterocycles. The number of ether oxygens (including phenoxy) is 3. The van der Waals surface area contributed by atoms with E-state index in [4.69, 9.17) is 19.3 Å². The van der Waals surface area contributed by atoms with Gasteiger partial charge >= 0.3 is 6.09 Å². The van der Waals surface area contributed by atoms with Crippen LogP contribution in [0.1, 0.15) is 31.4 Å². The molecule has 1 aromatic carbocycles. The van der Waals surface area contributed by atoms with Gasteiger partial charge in [0, 0.05) is 11.6 Å². The fourth-order valence-electron chi connectivity index (χ4n) is 2.23. The summed E-state index contributed by atoms with van der Waals surface area (Å²) in [6.07, 6.45) is 3.60. The molecule has 1 unspecified atom stereocenters. The highest BCUT2D eigenvalue weighted by molar-refractivity contribution is 5.65. The van der Waals surface area contributed by atoms with Crippen LogP contribution in [0.5, 0.6) is 11.5 Å². The Morgan fingerprint density at radius 1 is 1.26 bits per heavy atom. The second-order valence-corrected chi connectivity index (χ2v) is 4.92. The molecular formula is C17H25NO5. The van der Waals surface area contributed by atoms with Crippen LogP contribution in [0.3, 0.4) is 0 Å². The van der Waals surface area contributed by atoms with Crippen LogP contribution in [0.4, 0.5) is 4.79 Å². The fourth-order valence-corrected chi connectivity index (χ4v) is 2.23. The Morgan fingerprint density at radius 3 is 2.48 bits per heavy atom. The summed E-state index contributed by atoms with van der Waals surface area (Å²) < 4.78 is 16.1. The zero-order valence-corrected chi connectivity index (χ0v) is 14.1. The van der Waals surface area contributed by atoms with Crippen LogP contribution in [-0.2, 0) is 11.2 Å². The van der Waals surface area contributed by atoms with Gasteiger partial charge in [-0.25, -0.2) is 4.79 Å². The quantitative estimate of drug-likeness (QED) is 0.682. The van der Waals surface area contributed by atoms with Gasteiger partial charge in [-0.3, -0.25) is 0 Å². The molecule has 1 atom stereocenters. The molecule has 6 heteroatoms. The highest BCUT2D eigenvalue weighted by atomic mass is 16.5. The maximum Gasteiger partial charge on any atom is 0.404 e.